The van der Waals surface area contributed by atoms with Crippen molar-refractivity contribution >= 4 is 62.2 Å². The highest BCUT2D eigenvalue weighted by Gasteiger charge is 2.32. The summed E-state index contributed by atoms with van der Waals surface area (Å²) < 4.78 is 26.8. The molecule has 3 aromatic rings. The number of amides is 2. The van der Waals surface area contributed by atoms with E-state index in [1.165, 1.54) is 25.0 Å². The Balaban J connectivity index is 1.25. The molecule has 3 aliphatic rings. The van der Waals surface area contributed by atoms with Crippen molar-refractivity contribution in [3.63, 3.8) is 0 Å². The maximum Gasteiger partial charge on any atom is 0.256 e. The number of carbonyl (C=O) groups excluding carboxylic acids is 2. The molecule has 1 aliphatic carbocycles. The van der Waals surface area contributed by atoms with Gasteiger partial charge in [0.05, 0.1) is 22.6 Å². The fraction of sp³-hybridized carbons (Fsp3) is 0.375. The van der Waals surface area contributed by atoms with E-state index in [0.29, 0.717) is 34.1 Å². The van der Waals surface area contributed by atoms with Crippen LogP contribution in [0.2, 0.25) is 10.0 Å². The first-order valence-electron chi connectivity index (χ1n) is 14.6. The van der Waals surface area contributed by atoms with E-state index in [1.54, 1.807) is 30.3 Å². The van der Waals surface area contributed by atoms with E-state index in [9.17, 15) is 18.0 Å². The van der Waals surface area contributed by atoms with E-state index < -0.39 is 9.84 Å². The van der Waals surface area contributed by atoms with Crippen molar-refractivity contribution in [1.82, 2.24) is 15.2 Å². The zero-order valence-corrected chi connectivity index (χ0v) is 26.4. The molecule has 1 atom stereocenters. The molecule has 1 saturated heterocycles. The Bertz CT molecular complexity index is 1740. The number of rotatable bonds is 9. The Kier molecular flexibility index (Phi) is 8.19. The van der Waals surface area contributed by atoms with Gasteiger partial charge in [0.15, 0.2) is 9.84 Å². The topological polar surface area (TPSA) is 111 Å². The van der Waals surface area contributed by atoms with Crippen molar-refractivity contribution in [1.29, 1.82) is 0 Å². The third kappa shape index (κ3) is 6.13. The van der Waals surface area contributed by atoms with Crippen molar-refractivity contribution in [3.05, 3.63) is 80.1 Å². The summed E-state index contributed by atoms with van der Waals surface area (Å²) in [5.74, 6) is -0.584. The molecule has 43 heavy (non-hydrogen) atoms. The van der Waals surface area contributed by atoms with Gasteiger partial charge in [0.2, 0.25) is 5.91 Å². The number of nitrogens with one attached hydrogen (secondary N) is 3. The highest BCUT2D eigenvalue weighted by molar-refractivity contribution is 7.90. The lowest BCUT2D eigenvalue weighted by Crippen LogP contribution is -2.42. The van der Waals surface area contributed by atoms with Crippen LogP contribution >= 0.6 is 23.2 Å². The van der Waals surface area contributed by atoms with Gasteiger partial charge >= 0.3 is 0 Å². The van der Waals surface area contributed by atoms with Gasteiger partial charge in [-0.2, -0.15) is 0 Å². The zero-order valence-electron chi connectivity index (χ0n) is 24.1. The summed E-state index contributed by atoms with van der Waals surface area (Å²) in [5, 5.41) is 6.94. The Morgan fingerprint density at radius 1 is 1.09 bits per heavy atom. The molecule has 0 unspecified atom stereocenters. The molecule has 6 rings (SSSR count). The summed E-state index contributed by atoms with van der Waals surface area (Å²) in [4.78, 5) is 31.9. The van der Waals surface area contributed by atoms with Crippen molar-refractivity contribution in [2.45, 2.75) is 68.7 Å². The zero-order chi connectivity index (χ0) is 30.5. The average Bonchev–Trinajstić information content (AvgIpc) is 3.49. The lowest BCUT2D eigenvalue weighted by atomic mass is 10.0. The summed E-state index contributed by atoms with van der Waals surface area (Å²) >= 11 is 12.5. The third-order valence-electron chi connectivity index (χ3n) is 8.69. The van der Waals surface area contributed by atoms with E-state index in [-0.39, 0.29) is 45.0 Å². The van der Waals surface area contributed by atoms with Crippen LogP contribution < -0.4 is 10.6 Å². The standard InChI is InChI=1S/C32H34Cl2N4O4S/c1-18-23(15-31(39)38-12-4-5-21(38)16-35-20-8-9-20)19(2)36-30(18)14-25-24-13-22(10-11-29(24)37-32(25)40)43(41,42)17-26-27(33)6-3-7-28(26)34/h3,6-7,10-11,13-14,20-21,35-36H,4-5,8-9,12,15-17H2,1-2H3,(H,37,40)/t21-/m0/s1. The summed E-state index contributed by atoms with van der Waals surface area (Å²) in [5.41, 5.74) is 5.09. The van der Waals surface area contributed by atoms with Crippen molar-refractivity contribution in [2.75, 3.05) is 18.4 Å². The molecule has 0 radical (unpaired) electrons. The fourth-order valence-electron chi connectivity index (χ4n) is 6.04. The van der Waals surface area contributed by atoms with Crippen LogP contribution in [0.3, 0.4) is 0 Å². The third-order valence-corrected chi connectivity index (χ3v) is 11.0. The minimum Gasteiger partial charge on any atom is -0.359 e. The molecule has 2 aromatic carbocycles. The fourth-order valence-corrected chi connectivity index (χ4v) is 8.16. The number of benzene rings is 2. The highest BCUT2D eigenvalue weighted by atomic mass is 35.5. The first kappa shape index (κ1) is 29.9. The number of likely N-dealkylation sites (tertiary alicyclic amines) is 1. The van der Waals surface area contributed by atoms with Gasteiger partial charge in [0.1, 0.15) is 0 Å². The second kappa shape index (κ2) is 11.8. The summed E-state index contributed by atoms with van der Waals surface area (Å²) in [6.07, 6.45) is 6.49. The molecular formula is C32H34Cl2N4O4S. The number of halogens is 2. The number of aromatic nitrogens is 1. The van der Waals surface area contributed by atoms with Gasteiger partial charge < -0.3 is 20.5 Å². The van der Waals surface area contributed by atoms with Crippen LogP contribution in [0.25, 0.3) is 11.6 Å². The van der Waals surface area contributed by atoms with Gasteiger partial charge in [-0.05, 0) is 87.1 Å². The molecule has 1 saturated carbocycles. The largest absolute Gasteiger partial charge is 0.359 e. The normalized spacial score (nSPS) is 19.3. The number of hydrogen-bond donors (Lipinski definition) is 3. The molecule has 1 aromatic heterocycles. The number of carbonyl (C=O) groups is 2. The summed E-state index contributed by atoms with van der Waals surface area (Å²) in [7, 11) is -3.83. The molecule has 0 spiro atoms. The van der Waals surface area contributed by atoms with E-state index in [4.69, 9.17) is 23.2 Å². The van der Waals surface area contributed by atoms with Gasteiger partial charge in [-0.1, -0.05) is 29.3 Å². The first-order valence-corrected chi connectivity index (χ1v) is 17.0. The minimum atomic E-state index is -3.83. The van der Waals surface area contributed by atoms with Crippen LogP contribution in [0.15, 0.2) is 41.3 Å². The second-order valence-corrected chi connectivity index (χ2v) is 14.5. The molecule has 226 valence electrons. The SMILES string of the molecule is Cc1[nH]c(C=C2C(=O)Nc3ccc(S(=O)(=O)Cc4c(Cl)cccc4Cl)cc32)c(C)c1CC(=O)N1CCC[C@H]1CNC1CC1. The Labute approximate surface area is 261 Å². The van der Waals surface area contributed by atoms with Gasteiger partial charge in [-0.3, -0.25) is 9.59 Å². The second-order valence-electron chi connectivity index (χ2n) is 11.7. The van der Waals surface area contributed by atoms with Crippen LogP contribution in [0, 0.1) is 13.8 Å². The van der Waals surface area contributed by atoms with Gasteiger partial charge in [0, 0.05) is 63.4 Å². The van der Waals surface area contributed by atoms with Crippen LogP contribution in [-0.2, 0) is 31.6 Å². The molecule has 0 bridgehead atoms. The molecule has 2 fully saturated rings. The number of aryl methyl sites for hydroxylation is 1. The smallest absolute Gasteiger partial charge is 0.256 e. The van der Waals surface area contributed by atoms with Crippen molar-refractivity contribution in [2.24, 2.45) is 0 Å². The number of nitrogens with zero attached hydrogens (tertiary/aromatic N) is 1. The number of aromatic amines is 1. The quantitative estimate of drug-likeness (QED) is 0.260. The minimum absolute atomic E-state index is 0.0617. The Hall–Kier alpha value is -3.11. The molecule has 2 amide bonds. The van der Waals surface area contributed by atoms with E-state index >= 15 is 0 Å². The Morgan fingerprint density at radius 2 is 1.84 bits per heavy atom. The average molecular weight is 642 g/mol. The first-order chi connectivity index (χ1) is 20.5. The number of hydrogen-bond acceptors (Lipinski definition) is 5. The summed E-state index contributed by atoms with van der Waals surface area (Å²) in [6.45, 7) is 5.49. The number of anilines is 1. The monoisotopic (exact) mass is 640 g/mol. The molecule has 3 N–H and O–H groups in total. The summed E-state index contributed by atoms with van der Waals surface area (Å²) in [6, 6.07) is 10.3. The van der Waals surface area contributed by atoms with Crippen LogP contribution in [0.4, 0.5) is 5.69 Å². The highest BCUT2D eigenvalue weighted by Crippen LogP contribution is 2.37. The van der Waals surface area contributed by atoms with Gasteiger partial charge in [-0.25, -0.2) is 8.42 Å². The van der Waals surface area contributed by atoms with Gasteiger partial charge in [0.25, 0.3) is 5.91 Å². The van der Waals surface area contributed by atoms with Crippen LogP contribution in [-0.4, -0.2) is 55.3 Å². The molecule has 8 nitrogen and oxygen atoms in total. The van der Waals surface area contributed by atoms with Crippen LogP contribution in [0.1, 0.15) is 59.3 Å². The molecule has 2 aliphatic heterocycles. The van der Waals surface area contributed by atoms with Crippen molar-refractivity contribution < 1.29 is 18.0 Å². The molecule has 3 heterocycles. The van der Waals surface area contributed by atoms with E-state index in [2.05, 4.69) is 15.6 Å². The van der Waals surface area contributed by atoms with Gasteiger partial charge in [-0.15, -0.1) is 0 Å². The molecule has 11 heteroatoms. The predicted octanol–water partition coefficient (Wildman–Crippen LogP) is 5.69. The van der Waals surface area contributed by atoms with Crippen LogP contribution in [0.5, 0.6) is 0 Å². The maximum atomic E-state index is 13.4. The maximum absolute atomic E-state index is 13.4. The number of fused-ring (bicyclic) bond motifs is 1. The van der Waals surface area contributed by atoms with Crippen molar-refractivity contribution in [3.8, 4) is 0 Å². The van der Waals surface area contributed by atoms with E-state index in [1.807, 2.05) is 18.7 Å². The van der Waals surface area contributed by atoms with E-state index in [0.717, 1.165) is 42.8 Å². The lowest BCUT2D eigenvalue weighted by molar-refractivity contribution is -0.131. The molecular weight excluding hydrogens is 607 g/mol. The number of H-pyrrole nitrogens is 1. The number of sulfone groups is 1. The predicted molar refractivity (Wildman–Crippen MR) is 170 cm³/mol. The lowest BCUT2D eigenvalue weighted by Gasteiger charge is -2.25. The Morgan fingerprint density at radius 3 is 2.56 bits per heavy atom.